The third-order valence-electron chi connectivity index (χ3n) is 6.64. The molecule has 5 rings (SSSR count). The van der Waals surface area contributed by atoms with Crippen molar-refractivity contribution in [1.82, 2.24) is 14.9 Å². The maximum Gasteiger partial charge on any atom is 0.231 e. The molecule has 1 amide bonds. The van der Waals surface area contributed by atoms with Crippen molar-refractivity contribution < 1.29 is 19.1 Å². The predicted molar refractivity (Wildman–Crippen MR) is 124 cm³/mol. The van der Waals surface area contributed by atoms with Gasteiger partial charge in [-0.05, 0) is 43.9 Å². The van der Waals surface area contributed by atoms with Crippen LogP contribution in [0.2, 0.25) is 0 Å². The zero-order valence-electron chi connectivity index (χ0n) is 19.2. The molecule has 0 bridgehead atoms. The number of benzene rings is 1. The molecular formula is C26H26N4O4. The highest BCUT2D eigenvalue weighted by atomic mass is 16.5. The zero-order valence-corrected chi connectivity index (χ0v) is 19.2. The molecule has 174 valence electrons. The van der Waals surface area contributed by atoms with E-state index in [0.29, 0.717) is 48.2 Å². The lowest BCUT2D eigenvalue weighted by Gasteiger charge is -2.24. The maximum atomic E-state index is 12.5. The van der Waals surface area contributed by atoms with E-state index in [1.165, 1.54) is 11.1 Å². The first-order chi connectivity index (χ1) is 16.4. The van der Waals surface area contributed by atoms with Crippen molar-refractivity contribution in [2.24, 2.45) is 0 Å². The van der Waals surface area contributed by atoms with E-state index in [4.69, 9.17) is 9.15 Å². The smallest absolute Gasteiger partial charge is 0.231 e. The fourth-order valence-electron chi connectivity index (χ4n) is 5.16. The van der Waals surface area contributed by atoms with Crippen molar-refractivity contribution >= 4 is 5.91 Å². The molecule has 1 spiro atoms. The van der Waals surface area contributed by atoms with Gasteiger partial charge in [-0.3, -0.25) is 4.79 Å². The van der Waals surface area contributed by atoms with Gasteiger partial charge < -0.3 is 19.2 Å². The Morgan fingerprint density at radius 1 is 1.32 bits per heavy atom. The second-order valence-electron chi connectivity index (χ2n) is 9.21. The number of β-amino-alcohol motifs (C(OH)–C–C–N with tert-alkyl or cyclic N) is 1. The molecule has 1 aliphatic carbocycles. The van der Waals surface area contributed by atoms with Crippen LogP contribution >= 0.6 is 0 Å². The lowest BCUT2D eigenvalue weighted by molar-refractivity contribution is -0.128. The highest BCUT2D eigenvalue weighted by molar-refractivity contribution is 5.82. The number of aliphatic hydroxyl groups excluding tert-OH is 1. The SMILES string of the molecule is CC(C)Oc1ncc(-c2ncc(-c3cccc4c3CCC43CC(=O)N(CCO)C3)o2)cc1C#N. The highest BCUT2D eigenvalue weighted by Crippen LogP contribution is 2.48. The topological polar surface area (TPSA) is 112 Å². The summed E-state index contributed by atoms with van der Waals surface area (Å²) < 4.78 is 11.7. The molecule has 1 N–H and O–H groups in total. The molecule has 3 heterocycles. The largest absolute Gasteiger partial charge is 0.474 e. The number of aliphatic hydroxyl groups is 1. The minimum Gasteiger partial charge on any atom is -0.474 e. The Hall–Kier alpha value is -3.70. The van der Waals surface area contributed by atoms with Crippen LogP contribution in [0.15, 0.2) is 41.1 Å². The van der Waals surface area contributed by atoms with Gasteiger partial charge in [-0.15, -0.1) is 0 Å². The van der Waals surface area contributed by atoms with Crippen LogP contribution in [0.1, 0.15) is 43.4 Å². The molecule has 8 heteroatoms. The normalized spacial score (nSPS) is 19.1. The summed E-state index contributed by atoms with van der Waals surface area (Å²) in [4.78, 5) is 23.0. The molecule has 0 saturated carbocycles. The first-order valence-corrected chi connectivity index (χ1v) is 11.5. The average molecular weight is 459 g/mol. The molecule has 1 fully saturated rings. The molecule has 1 unspecified atom stereocenters. The summed E-state index contributed by atoms with van der Waals surface area (Å²) in [5.41, 5.74) is 4.05. The highest BCUT2D eigenvalue weighted by Gasteiger charge is 2.48. The third kappa shape index (κ3) is 3.72. The third-order valence-corrected chi connectivity index (χ3v) is 6.64. The van der Waals surface area contributed by atoms with Gasteiger partial charge in [-0.1, -0.05) is 18.2 Å². The standard InChI is InChI=1S/C26H26N4O4/c1-16(2)33-24-17(12-27)10-18(13-28-24)25-29-14-22(34-25)20-4-3-5-21-19(20)6-7-26(21)11-23(32)30(15-26)8-9-31/h3-5,10,13-14,16,31H,6-9,11,15H2,1-2H3. The Labute approximate surface area is 197 Å². The number of pyridine rings is 1. The second-order valence-corrected chi connectivity index (χ2v) is 9.21. The molecule has 0 radical (unpaired) electrons. The fourth-order valence-corrected chi connectivity index (χ4v) is 5.16. The van der Waals surface area contributed by atoms with E-state index in [2.05, 4.69) is 22.1 Å². The van der Waals surface area contributed by atoms with E-state index in [0.717, 1.165) is 18.4 Å². The van der Waals surface area contributed by atoms with Gasteiger partial charge in [0.15, 0.2) is 5.76 Å². The number of hydrogen-bond acceptors (Lipinski definition) is 7. The van der Waals surface area contributed by atoms with E-state index in [1.807, 2.05) is 26.0 Å². The summed E-state index contributed by atoms with van der Waals surface area (Å²) >= 11 is 0. The van der Waals surface area contributed by atoms with Crippen molar-refractivity contribution in [1.29, 1.82) is 5.26 Å². The van der Waals surface area contributed by atoms with Crippen molar-refractivity contribution in [3.8, 4) is 34.7 Å². The summed E-state index contributed by atoms with van der Waals surface area (Å²) in [6.45, 7) is 4.75. The van der Waals surface area contributed by atoms with Crippen molar-refractivity contribution in [2.75, 3.05) is 19.7 Å². The average Bonchev–Trinajstić information content (AvgIpc) is 3.52. The van der Waals surface area contributed by atoms with E-state index in [1.54, 1.807) is 23.4 Å². The van der Waals surface area contributed by atoms with Crippen LogP contribution < -0.4 is 4.74 Å². The van der Waals surface area contributed by atoms with E-state index in [-0.39, 0.29) is 24.0 Å². The van der Waals surface area contributed by atoms with Crippen molar-refractivity contribution in [3.05, 3.63) is 53.3 Å². The number of carbonyl (C=O) groups is 1. The summed E-state index contributed by atoms with van der Waals surface area (Å²) in [6.07, 6.45) is 5.41. The zero-order chi connectivity index (χ0) is 23.9. The Kier molecular flexibility index (Phi) is 5.58. The molecule has 8 nitrogen and oxygen atoms in total. The molecule has 3 aromatic rings. The predicted octanol–water partition coefficient (Wildman–Crippen LogP) is 3.47. The minimum atomic E-state index is -0.210. The van der Waals surface area contributed by atoms with Crippen LogP contribution in [0.25, 0.3) is 22.8 Å². The van der Waals surface area contributed by atoms with Crippen LogP contribution in [0.4, 0.5) is 0 Å². The Morgan fingerprint density at radius 2 is 2.18 bits per heavy atom. The summed E-state index contributed by atoms with van der Waals surface area (Å²) in [5.74, 6) is 1.41. The van der Waals surface area contributed by atoms with Crippen LogP contribution in [0, 0.1) is 11.3 Å². The molecular weight excluding hydrogens is 432 g/mol. The molecule has 34 heavy (non-hydrogen) atoms. The molecule has 1 saturated heterocycles. The van der Waals surface area contributed by atoms with Gasteiger partial charge in [0.1, 0.15) is 11.6 Å². The number of hydrogen-bond donors (Lipinski definition) is 1. The minimum absolute atomic E-state index is 0.0253. The monoisotopic (exact) mass is 458 g/mol. The number of oxazole rings is 1. The fraction of sp³-hybridized carbons (Fsp3) is 0.385. The molecule has 1 aliphatic heterocycles. The Bertz CT molecular complexity index is 1290. The number of likely N-dealkylation sites (tertiary alicyclic amines) is 1. The van der Waals surface area contributed by atoms with Gasteiger partial charge >= 0.3 is 0 Å². The lowest BCUT2D eigenvalue weighted by Crippen LogP contribution is -2.32. The first-order valence-electron chi connectivity index (χ1n) is 11.5. The van der Waals surface area contributed by atoms with E-state index < -0.39 is 0 Å². The van der Waals surface area contributed by atoms with Gasteiger partial charge in [0.25, 0.3) is 0 Å². The number of aromatic nitrogens is 2. The van der Waals surface area contributed by atoms with Gasteiger partial charge in [-0.25, -0.2) is 9.97 Å². The van der Waals surface area contributed by atoms with Gasteiger partial charge in [0.05, 0.1) is 24.5 Å². The summed E-state index contributed by atoms with van der Waals surface area (Å²) in [6, 6.07) is 9.91. The Morgan fingerprint density at radius 3 is 2.94 bits per heavy atom. The summed E-state index contributed by atoms with van der Waals surface area (Å²) in [5, 5.41) is 18.8. The van der Waals surface area contributed by atoms with Gasteiger partial charge in [-0.2, -0.15) is 5.26 Å². The van der Waals surface area contributed by atoms with Crippen molar-refractivity contribution in [3.63, 3.8) is 0 Å². The number of carbonyl (C=O) groups excluding carboxylic acids is 1. The van der Waals surface area contributed by atoms with Crippen LogP contribution in [-0.4, -0.2) is 51.7 Å². The van der Waals surface area contributed by atoms with E-state index >= 15 is 0 Å². The lowest BCUT2D eigenvalue weighted by atomic mass is 9.80. The second kappa shape index (κ2) is 8.58. The number of amides is 1. The number of rotatable bonds is 6. The maximum absolute atomic E-state index is 12.5. The van der Waals surface area contributed by atoms with Crippen LogP contribution in [0.5, 0.6) is 5.88 Å². The van der Waals surface area contributed by atoms with Crippen LogP contribution in [-0.2, 0) is 16.6 Å². The molecule has 1 atom stereocenters. The van der Waals surface area contributed by atoms with Crippen LogP contribution in [0.3, 0.4) is 0 Å². The quantitative estimate of drug-likeness (QED) is 0.602. The van der Waals surface area contributed by atoms with Gasteiger partial charge in [0.2, 0.25) is 17.7 Å². The molecule has 1 aromatic carbocycles. The number of nitriles is 1. The first kappa shape index (κ1) is 22.1. The molecule has 2 aliphatic rings. The number of ether oxygens (including phenoxy) is 1. The summed E-state index contributed by atoms with van der Waals surface area (Å²) in [7, 11) is 0. The van der Waals surface area contributed by atoms with E-state index in [9.17, 15) is 15.2 Å². The number of fused-ring (bicyclic) bond motifs is 2. The van der Waals surface area contributed by atoms with Crippen molar-refractivity contribution in [2.45, 2.75) is 44.6 Å². The molecule has 2 aromatic heterocycles. The number of nitrogens with zero attached hydrogens (tertiary/aromatic N) is 4. The Balaban J connectivity index is 1.46. The van der Waals surface area contributed by atoms with Gasteiger partial charge in [0, 0.05) is 36.7 Å².